The zero-order chi connectivity index (χ0) is 28.1. The van der Waals surface area contributed by atoms with E-state index >= 15 is 0 Å². The number of hydrogen-bond donors (Lipinski definition) is 1. The van der Waals surface area contributed by atoms with Crippen LogP contribution in [0.25, 0.3) is 0 Å². The van der Waals surface area contributed by atoms with Crippen LogP contribution >= 0.6 is 11.6 Å². The molecule has 0 aromatic heterocycles. The van der Waals surface area contributed by atoms with Gasteiger partial charge in [0.05, 0.1) is 16.5 Å². The number of alkyl halides is 1. The average Bonchev–Trinajstić information content (AvgIpc) is 2.91. The van der Waals surface area contributed by atoms with E-state index in [4.69, 9.17) is 21.4 Å². The average molecular weight is 541 g/mol. The molecule has 0 aliphatic heterocycles. The predicted molar refractivity (Wildman–Crippen MR) is 149 cm³/mol. The van der Waals surface area contributed by atoms with E-state index in [-0.39, 0.29) is 17.1 Å². The summed E-state index contributed by atoms with van der Waals surface area (Å²) in [6.45, 7) is 15.8. The Bertz CT molecular complexity index is 860. The number of nitro groups is 2. The third-order valence-corrected chi connectivity index (χ3v) is 5.66. The van der Waals surface area contributed by atoms with Crippen LogP contribution in [-0.2, 0) is 0 Å². The molecule has 0 unspecified atom stereocenters. The van der Waals surface area contributed by atoms with Crippen LogP contribution in [0.5, 0.6) is 11.5 Å². The van der Waals surface area contributed by atoms with Crippen molar-refractivity contribution in [2.45, 2.75) is 40.5 Å². The lowest BCUT2D eigenvalue weighted by Crippen LogP contribution is -2.25. The van der Waals surface area contributed by atoms with E-state index in [1.54, 1.807) is 12.1 Å². The molecule has 2 aromatic carbocycles. The number of ether oxygens (including phenoxy) is 1. The minimum atomic E-state index is -0.514. The molecule has 0 aliphatic carbocycles. The number of hydrogen-bond acceptors (Lipinski definition) is 8. The Balaban J connectivity index is 0.000000577. The standard InChI is InChI=1S/C13H20N2O3.C7H16ClN.C6H5NO3/c1-3-14(4-2)10-5-11-18-13-8-6-12(7-9-13)15(16)17;1-3-9(4-2)7-5-6-8;8-6-3-1-5(2-4-6)7(9)10/h6-9H,3-5,10-11H2,1-2H3;3-7H2,1-2H3;1-4,8H. The Morgan fingerprint density at radius 3 is 1.54 bits per heavy atom. The Labute approximate surface area is 225 Å². The van der Waals surface area contributed by atoms with Crippen LogP contribution in [0.2, 0.25) is 0 Å². The van der Waals surface area contributed by atoms with Gasteiger partial charge in [-0.15, -0.1) is 11.6 Å². The number of nitro benzene ring substituents is 2. The summed E-state index contributed by atoms with van der Waals surface area (Å²) in [5.41, 5.74) is 0.0725. The van der Waals surface area contributed by atoms with Crippen molar-refractivity contribution in [2.75, 3.05) is 51.8 Å². The molecule has 10 nitrogen and oxygen atoms in total. The molecule has 0 bridgehead atoms. The minimum absolute atomic E-state index is 0.0159. The summed E-state index contributed by atoms with van der Waals surface area (Å²) in [4.78, 5) is 24.3. The topological polar surface area (TPSA) is 122 Å². The Morgan fingerprint density at radius 2 is 1.16 bits per heavy atom. The molecule has 2 rings (SSSR count). The second-order valence-corrected chi connectivity index (χ2v) is 8.20. The number of phenolic OH excluding ortho intramolecular Hbond substituents is 1. The molecule has 2 aromatic rings. The fourth-order valence-corrected chi connectivity index (χ4v) is 3.20. The smallest absolute Gasteiger partial charge is 0.269 e. The second kappa shape index (κ2) is 21.2. The van der Waals surface area contributed by atoms with Crippen molar-refractivity contribution in [1.29, 1.82) is 0 Å². The molecule has 0 aliphatic rings. The Kier molecular flexibility index (Phi) is 19.5. The maximum Gasteiger partial charge on any atom is 0.269 e. The van der Waals surface area contributed by atoms with Crippen LogP contribution < -0.4 is 4.74 Å². The molecule has 0 saturated carbocycles. The van der Waals surface area contributed by atoms with E-state index in [1.807, 2.05) is 0 Å². The van der Waals surface area contributed by atoms with Crippen LogP contribution in [0.1, 0.15) is 40.5 Å². The second-order valence-electron chi connectivity index (χ2n) is 7.82. The monoisotopic (exact) mass is 540 g/mol. The van der Waals surface area contributed by atoms with Gasteiger partial charge >= 0.3 is 0 Å². The first kappa shape index (κ1) is 34.0. The number of benzene rings is 2. The van der Waals surface area contributed by atoms with Gasteiger partial charge in [-0.2, -0.15) is 0 Å². The lowest BCUT2D eigenvalue weighted by Gasteiger charge is -2.17. The third-order valence-electron chi connectivity index (χ3n) is 5.39. The van der Waals surface area contributed by atoms with Gasteiger partial charge in [0.15, 0.2) is 0 Å². The van der Waals surface area contributed by atoms with Crippen molar-refractivity contribution in [3.8, 4) is 11.5 Å². The molecular weight excluding hydrogens is 500 g/mol. The zero-order valence-electron chi connectivity index (χ0n) is 22.3. The highest BCUT2D eigenvalue weighted by Crippen LogP contribution is 2.17. The van der Waals surface area contributed by atoms with Gasteiger partial charge in [0.1, 0.15) is 11.5 Å². The first-order chi connectivity index (χ1) is 17.7. The summed E-state index contributed by atoms with van der Waals surface area (Å²) in [7, 11) is 0. The summed E-state index contributed by atoms with van der Waals surface area (Å²) in [6.07, 6.45) is 2.07. The van der Waals surface area contributed by atoms with Gasteiger partial charge in [-0.05, 0) is 69.8 Å². The highest BCUT2D eigenvalue weighted by atomic mass is 35.5. The van der Waals surface area contributed by atoms with E-state index in [9.17, 15) is 20.2 Å². The lowest BCUT2D eigenvalue weighted by molar-refractivity contribution is -0.385. The molecule has 37 heavy (non-hydrogen) atoms. The highest BCUT2D eigenvalue weighted by molar-refractivity contribution is 6.17. The van der Waals surface area contributed by atoms with Crippen molar-refractivity contribution in [2.24, 2.45) is 0 Å². The van der Waals surface area contributed by atoms with Gasteiger partial charge < -0.3 is 19.6 Å². The molecular formula is C26H41ClN4O6. The maximum atomic E-state index is 10.5. The fraction of sp³-hybridized carbons (Fsp3) is 0.538. The maximum absolute atomic E-state index is 10.5. The molecule has 1 N–H and O–H groups in total. The number of nitrogens with zero attached hydrogens (tertiary/aromatic N) is 4. The van der Waals surface area contributed by atoms with Crippen molar-refractivity contribution >= 4 is 23.0 Å². The van der Waals surface area contributed by atoms with Crippen LogP contribution in [0.4, 0.5) is 11.4 Å². The molecule has 0 heterocycles. The van der Waals surface area contributed by atoms with E-state index in [0.29, 0.717) is 12.4 Å². The van der Waals surface area contributed by atoms with Crippen molar-refractivity contribution in [3.63, 3.8) is 0 Å². The van der Waals surface area contributed by atoms with Gasteiger partial charge in [0.2, 0.25) is 0 Å². The number of non-ortho nitro benzene ring substituents is 2. The van der Waals surface area contributed by atoms with Gasteiger partial charge in [-0.1, -0.05) is 27.7 Å². The Hall–Kier alpha value is -2.95. The number of aromatic hydroxyl groups is 1. The molecule has 0 radical (unpaired) electrons. The largest absolute Gasteiger partial charge is 0.508 e. The zero-order valence-corrected chi connectivity index (χ0v) is 23.1. The van der Waals surface area contributed by atoms with Gasteiger partial charge in [-0.25, -0.2) is 0 Å². The molecule has 0 atom stereocenters. The normalized spacial score (nSPS) is 10.2. The quantitative estimate of drug-likeness (QED) is 0.135. The first-order valence-electron chi connectivity index (χ1n) is 12.5. The SMILES string of the molecule is CCN(CC)CCCCl.CCN(CC)CCCOc1ccc([N+](=O)[O-])cc1.O=[N+]([O-])c1ccc(O)cc1. The van der Waals surface area contributed by atoms with E-state index in [1.165, 1.54) is 36.4 Å². The highest BCUT2D eigenvalue weighted by Gasteiger charge is 2.05. The number of halogens is 1. The molecule has 0 saturated heterocycles. The fourth-order valence-electron chi connectivity index (χ4n) is 3.08. The van der Waals surface area contributed by atoms with Gasteiger partial charge in [-0.3, -0.25) is 20.2 Å². The predicted octanol–water partition coefficient (Wildman–Crippen LogP) is 5.96. The number of phenols is 1. The first-order valence-corrected chi connectivity index (χ1v) is 13.1. The van der Waals surface area contributed by atoms with Crippen molar-refractivity contribution < 1.29 is 19.7 Å². The van der Waals surface area contributed by atoms with Crippen molar-refractivity contribution in [1.82, 2.24) is 9.80 Å². The lowest BCUT2D eigenvalue weighted by atomic mass is 10.3. The van der Waals surface area contributed by atoms with E-state index in [0.717, 1.165) is 58.0 Å². The number of rotatable bonds is 14. The molecule has 208 valence electrons. The summed E-state index contributed by atoms with van der Waals surface area (Å²) < 4.78 is 5.53. The molecule has 0 amide bonds. The molecule has 0 fully saturated rings. The summed E-state index contributed by atoms with van der Waals surface area (Å²) >= 11 is 5.53. The molecule has 11 heteroatoms. The molecule has 0 spiro atoms. The summed E-state index contributed by atoms with van der Waals surface area (Å²) in [5.74, 6) is 1.50. The van der Waals surface area contributed by atoms with Gasteiger partial charge in [0, 0.05) is 36.7 Å². The van der Waals surface area contributed by atoms with E-state index < -0.39 is 9.85 Å². The van der Waals surface area contributed by atoms with E-state index in [2.05, 4.69) is 37.5 Å². The minimum Gasteiger partial charge on any atom is -0.508 e. The van der Waals surface area contributed by atoms with Crippen molar-refractivity contribution in [3.05, 3.63) is 68.8 Å². The van der Waals surface area contributed by atoms with Crippen LogP contribution in [0.3, 0.4) is 0 Å². The third kappa shape index (κ3) is 16.4. The Morgan fingerprint density at radius 1 is 0.757 bits per heavy atom. The van der Waals surface area contributed by atoms with Crippen LogP contribution in [-0.4, -0.2) is 76.5 Å². The van der Waals surface area contributed by atoms with Gasteiger partial charge in [0.25, 0.3) is 11.4 Å². The summed E-state index contributed by atoms with van der Waals surface area (Å²) in [6, 6.07) is 11.2. The van der Waals surface area contributed by atoms with Crippen LogP contribution in [0, 0.1) is 20.2 Å². The summed E-state index contributed by atoms with van der Waals surface area (Å²) in [5, 5.41) is 29.2. The van der Waals surface area contributed by atoms with Crippen LogP contribution in [0.15, 0.2) is 48.5 Å².